The number of ether oxygens (including phenoxy) is 1. The van der Waals surface area contributed by atoms with E-state index < -0.39 is 0 Å². The first kappa shape index (κ1) is 13.9. The average molecular weight is 203 g/mol. The third kappa shape index (κ3) is 11.9. The maximum absolute atomic E-state index is 8.49. The highest BCUT2D eigenvalue weighted by atomic mass is 16.5. The van der Waals surface area contributed by atoms with Gasteiger partial charge in [-0.05, 0) is 19.4 Å². The summed E-state index contributed by atoms with van der Waals surface area (Å²) in [6.45, 7) is 4.76. The van der Waals surface area contributed by atoms with Crippen LogP contribution in [-0.2, 0) is 4.74 Å². The third-order valence-corrected chi connectivity index (χ3v) is 2.11. The zero-order valence-corrected chi connectivity index (χ0v) is 9.43. The lowest BCUT2D eigenvalue weighted by molar-refractivity contribution is 0.101. The number of aliphatic hydroxyl groups excluding tert-OH is 1. The minimum atomic E-state index is 0.219. The number of aliphatic hydroxyl groups is 1. The Morgan fingerprint density at radius 3 is 2.57 bits per heavy atom. The van der Waals surface area contributed by atoms with E-state index in [1.807, 2.05) is 0 Å². The predicted octanol–water partition coefficient (Wildman–Crippen LogP) is 1.90. The van der Waals surface area contributed by atoms with Crippen LogP contribution in [0.1, 0.15) is 45.4 Å². The lowest BCUT2D eigenvalue weighted by Gasteiger charge is -2.05. The topological polar surface area (TPSA) is 41.5 Å². The van der Waals surface area contributed by atoms with Crippen molar-refractivity contribution in [1.82, 2.24) is 5.32 Å². The van der Waals surface area contributed by atoms with Crippen molar-refractivity contribution in [1.29, 1.82) is 0 Å². The van der Waals surface area contributed by atoms with Gasteiger partial charge in [0.1, 0.15) is 0 Å². The molecule has 0 unspecified atom stereocenters. The highest BCUT2D eigenvalue weighted by Gasteiger charge is 1.89. The minimum Gasteiger partial charge on any atom is -0.396 e. The molecule has 0 aliphatic carbocycles. The van der Waals surface area contributed by atoms with Crippen LogP contribution in [0.4, 0.5) is 0 Å². The molecule has 0 amide bonds. The van der Waals surface area contributed by atoms with E-state index in [1.165, 1.54) is 32.1 Å². The molecule has 0 aromatic heterocycles. The molecule has 0 rings (SSSR count). The van der Waals surface area contributed by atoms with Gasteiger partial charge in [0.15, 0.2) is 0 Å². The average Bonchev–Trinajstić information content (AvgIpc) is 2.21. The number of rotatable bonds is 11. The first-order valence-electron chi connectivity index (χ1n) is 5.81. The second-order valence-electron chi connectivity index (χ2n) is 3.54. The molecule has 0 aliphatic heterocycles. The van der Waals surface area contributed by atoms with Gasteiger partial charge >= 0.3 is 0 Å². The lowest BCUT2D eigenvalue weighted by atomic mass is 10.1. The van der Waals surface area contributed by atoms with E-state index in [2.05, 4.69) is 12.2 Å². The molecular formula is C11H25NO2. The van der Waals surface area contributed by atoms with E-state index in [0.717, 1.165) is 13.0 Å². The smallest absolute Gasteiger partial charge is 0.0965 e. The molecule has 0 aliphatic rings. The summed E-state index contributed by atoms with van der Waals surface area (Å²) in [5.41, 5.74) is 0. The molecule has 0 spiro atoms. The molecule has 0 heterocycles. The Kier molecular flexibility index (Phi) is 12.8. The normalized spacial score (nSPS) is 10.7. The summed E-state index contributed by atoms with van der Waals surface area (Å²) in [5.74, 6) is 0. The summed E-state index contributed by atoms with van der Waals surface area (Å²) in [4.78, 5) is 0. The van der Waals surface area contributed by atoms with Gasteiger partial charge in [0, 0.05) is 6.61 Å². The number of unbranched alkanes of at least 4 members (excludes halogenated alkanes) is 4. The van der Waals surface area contributed by atoms with Gasteiger partial charge in [0.25, 0.3) is 0 Å². The number of hydrogen-bond acceptors (Lipinski definition) is 3. The van der Waals surface area contributed by atoms with E-state index in [9.17, 15) is 0 Å². The summed E-state index contributed by atoms with van der Waals surface area (Å²) in [7, 11) is 0. The second kappa shape index (κ2) is 12.9. The Labute approximate surface area is 87.8 Å². The predicted molar refractivity (Wildman–Crippen MR) is 59.3 cm³/mol. The van der Waals surface area contributed by atoms with Crippen LogP contribution >= 0.6 is 0 Å². The zero-order valence-electron chi connectivity index (χ0n) is 9.43. The Bertz CT molecular complexity index is 87.3. The van der Waals surface area contributed by atoms with Crippen molar-refractivity contribution >= 4 is 0 Å². The standard InChI is InChI=1S/C11H25NO2/c1-2-3-4-5-6-8-12-11-14-10-7-9-13/h12-13H,2-11H2,1H3. The molecule has 0 atom stereocenters. The Morgan fingerprint density at radius 1 is 1.07 bits per heavy atom. The Balaban J connectivity index is 2.78. The first-order valence-corrected chi connectivity index (χ1v) is 5.81. The molecular weight excluding hydrogens is 178 g/mol. The molecule has 3 nitrogen and oxygen atoms in total. The van der Waals surface area contributed by atoms with Crippen molar-refractivity contribution in [3.05, 3.63) is 0 Å². The van der Waals surface area contributed by atoms with E-state index >= 15 is 0 Å². The van der Waals surface area contributed by atoms with Crippen molar-refractivity contribution in [2.75, 3.05) is 26.5 Å². The van der Waals surface area contributed by atoms with Gasteiger partial charge in [0.2, 0.25) is 0 Å². The molecule has 14 heavy (non-hydrogen) atoms. The zero-order chi connectivity index (χ0) is 10.5. The van der Waals surface area contributed by atoms with Crippen LogP contribution in [0.2, 0.25) is 0 Å². The van der Waals surface area contributed by atoms with Crippen LogP contribution in [-0.4, -0.2) is 31.6 Å². The summed E-state index contributed by atoms with van der Waals surface area (Å²) in [6, 6.07) is 0. The molecule has 0 aromatic carbocycles. The Morgan fingerprint density at radius 2 is 1.86 bits per heavy atom. The first-order chi connectivity index (χ1) is 6.91. The van der Waals surface area contributed by atoms with Crippen LogP contribution in [0.15, 0.2) is 0 Å². The largest absolute Gasteiger partial charge is 0.396 e. The van der Waals surface area contributed by atoms with Gasteiger partial charge in [0.05, 0.1) is 13.3 Å². The summed E-state index contributed by atoms with van der Waals surface area (Å²) in [6.07, 6.45) is 7.30. The van der Waals surface area contributed by atoms with Crippen LogP contribution in [0, 0.1) is 0 Å². The van der Waals surface area contributed by atoms with Gasteiger partial charge in [-0.25, -0.2) is 0 Å². The lowest BCUT2D eigenvalue weighted by Crippen LogP contribution is -2.19. The van der Waals surface area contributed by atoms with E-state index in [4.69, 9.17) is 9.84 Å². The Hall–Kier alpha value is -0.120. The molecule has 0 radical (unpaired) electrons. The second-order valence-corrected chi connectivity index (χ2v) is 3.54. The van der Waals surface area contributed by atoms with E-state index in [-0.39, 0.29) is 6.61 Å². The molecule has 86 valence electrons. The van der Waals surface area contributed by atoms with Crippen molar-refractivity contribution < 1.29 is 9.84 Å². The van der Waals surface area contributed by atoms with Crippen molar-refractivity contribution in [2.45, 2.75) is 45.4 Å². The molecule has 2 N–H and O–H groups in total. The summed E-state index contributed by atoms with van der Waals surface area (Å²) >= 11 is 0. The highest BCUT2D eigenvalue weighted by molar-refractivity contribution is 4.45. The van der Waals surface area contributed by atoms with Gasteiger partial charge < -0.3 is 9.84 Å². The maximum atomic E-state index is 8.49. The van der Waals surface area contributed by atoms with Gasteiger partial charge in [-0.1, -0.05) is 32.6 Å². The fourth-order valence-corrected chi connectivity index (χ4v) is 1.24. The van der Waals surface area contributed by atoms with Gasteiger partial charge in [-0.3, -0.25) is 5.32 Å². The van der Waals surface area contributed by atoms with E-state index in [0.29, 0.717) is 13.3 Å². The molecule has 0 bridgehead atoms. The van der Waals surface area contributed by atoms with Crippen molar-refractivity contribution in [2.24, 2.45) is 0 Å². The molecule has 0 saturated carbocycles. The summed E-state index contributed by atoms with van der Waals surface area (Å²) in [5, 5.41) is 11.7. The fraction of sp³-hybridized carbons (Fsp3) is 1.00. The van der Waals surface area contributed by atoms with Crippen molar-refractivity contribution in [3.8, 4) is 0 Å². The van der Waals surface area contributed by atoms with Crippen LogP contribution in [0.25, 0.3) is 0 Å². The maximum Gasteiger partial charge on any atom is 0.0965 e. The number of hydrogen-bond donors (Lipinski definition) is 2. The SMILES string of the molecule is CCCCCCCNCOCCCO. The number of nitrogens with one attached hydrogen (secondary N) is 1. The fourth-order valence-electron chi connectivity index (χ4n) is 1.24. The van der Waals surface area contributed by atoms with E-state index in [1.54, 1.807) is 0 Å². The van der Waals surface area contributed by atoms with Crippen LogP contribution in [0.5, 0.6) is 0 Å². The molecule has 0 fully saturated rings. The van der Waals surface area contributed by atoms with Crippen molar-refractivity contribution in [3.63, 3.8) is 0 Å². The monoisotopic (exact) mass is 203 g/mol. The van der Waals surface area contributed by atoms with Gasteiger partial charge in [-0.15, -0.1) is 0 Å². The minimum absolute atomic E-state index is 0.219. The third-order valence-electron chi connectivity index (χ3n) is 2.11. The molecule has 0 saturated heterocycles. The molecule has 3 heteroatoms. The molecule has 0 aromatic rings. The summed E-state index contributed by atoms with van der Waals surface area (Å²) < 4.78 is 5.23. The van der Waals surface area contributed by atoms with Crippen LogP contribution < -0.4 is 5.32 Å². The van der Waals surface area contributed by atoms with Crippen LogP contribution in [0.3, 0.4) is 0 Å². The highest BCUT2D eigenvalue weighted by Crippen LogP contribution is 2.00. The van der Waals surface area contributed by atoms with Gasteiger partial charge in [-0.2, -0.15) is 0 Å². The quantitative estimate of drug-likeness (QED) is 0.398.